The molecule has 1 N–H and O–H groups in total. The summed E-state index contributed by atoms with van der Waals surface area (Å²) in [7, 11) is 1.90. The van der Waals surface area contributed by atoms with Crippen LogP contribution in [-0.2, 0) is 6.54 Å². The summed E-state index contributed by atoms with van der Waals surface area (Å²) in [6.07, 6.45) is 1.62. The van der Waals surface area contributed by atoms with Crippen molar-refractivity contribution in [3.8, 4) is 0 Å². The van der Waals surface area contributed by atoms with Crippen LogP contribution in [0.4, 0.5) is 0 Å². The number of aromatic nitrogens is 2. The number of rotatable bonds is 4. The van der Waals surface area contributed by atoms with Gasteiger partial charge in [-0.05, 0) is 24.7 Å². The normalized spacial score (nSPS) is 12.4. The molecule has 2 aromatic carbocycles. The van der Waals surface area contributed by atoms with Crippen LogP contribution in [-0.4, -0.2) is 16.6 Å². The molecule has 0 amide bonds. The summed E-state index contributed by atoms with van der Waals surface area (Å²) in [6, 6.07) is 17.6. The molecule has 0 radical (unpaired) electrons. The molecule has 4 nitrogen and oxygen atoms in total. The van der Waals surface area contributed by atoms with Crippen LogP contribution in [0.15, 0.2) is 65.7 Å². The second kappa shape index (κ2) is 5.89. The van der Waals surface area contributed by atoms with Crippen LogP contribution >= 0.6 is 0 Å². The molecular weight excluding hydrogens is 262 g/mol. The molecule has 0 aliphatic carbocycles. The molecule has 106 valence electrons. The molecule has 3 rings (SSSR count). The van der Waals surface area contributed by atoms with E-state index in [0.717, 1.165) is 11.1 Å². The summed E-state index contributed by atoms with van der Waals surface area (Å²) in [4.78, 5) is 16.9. The molecule has 0 saturated heterocycles. The maximum absolute atomic E-state index is 12.5. The van der Waals surface area contributed by atoms with Gasteiger partial charge in [-0.1, -0.05) is 42.5 Å². The summed E-state index contributed by atoms with van der Waals surface area (Å²) in [5.41, 5.74) is 1.89. The fourth-order valence-corrected chi connectivity index (χ4v) is 2.48. The predicted molar refractivity (Wildman–Crippen MR) is 84.2 cm³/mol. The molecule has 1 heterocycles. The largest absolute Gasteiger partial charge is 0.312 e. The Hall–Kier alpha value is -2.46. The number of hydrogen-bond acceptors (Lipinski definition) is 3. The van der Waals surface area contributed by atoms with Crippen LogP contribution in [0, 0.1) is 0 Å². The summed E-state index contributed by atoms with van der Waals surface area (Å²) in [5.74, 6) is 0. The lowest BCUT2D eigenvalue weighted by molar-refractivity contribution is 0.489. The molecule has 0 fully saturated rings. The van der Waals surface area contributed by atoms with E-state index in [9.17, 15) is 4.79 Å². The molecule has 21 heavy (non-hydrogen) atoms. The van der Waals surface area contributed by atoms with Crippen LogP contribution < -0.4 is 10.9 Å². The Labute approximate surface area is 123 Å². The van der Waals surface area contributed by atoms with Gasteiger partial charge in [0.25, 0.3) is 5.56 Å². The monoisotopic (exact) mass is 279 g/mol. The Morgan fingerprint density at radius 2 is 1.81 bits per heavy atom. The Balaban J connectivity index is 1.97. The number of nitrogens with one attached hydrogen (secondary N) is 1. The summed E-state index contributed by atoms with van der Waals surface area (Å²) in [6.45, 7) is 0.553. The minimum atomic E-state index is -0.00298. The fourth-order valence-electron chi connectivity index (χ4n) is 2.48. The Morgan fingerprint density at radius 1 is 1.10 bits per heavy atom. The second-order valence-electron chi connectivity index (χ2n) is 4.97. The van der Waals surface area contributed by atoms with Crippen molar-refractivity contribution in [3.05, 3.63) is 76.8 Å². The van der Waals surface area contributed by atoms with Gasteiger partial charge in [0.05, 0.1) is 23.3 Å². The van der Waals surface area contributed by atoms with Gasteiger partial charge in [-0.3, -0.25) is 9.36 Å². The quantitative estimate of drug-likeness (QED) is 0.797. The van der Waals surface area contributed by atoms with E-state index < -0.39 is 0 Å². The van der Waals surface area contributed by atoms with Crippen molar-refractivity contribution >= 4 is 10.9 Å². The minimum absolute atomic E-state index is 0.00298. The third-order valence-corrected chi connectivity index (χ3v) is 3.66. The zero-order valence-electron chi connectivity index (χ0n) is 11.9. The molecule has 0 saturated carbocycles. The summed E-state index contributed by atoms with van der Waals surface area (Å²) >= 11 is 0. The summed E-state index contributed by atoms with van der Waals surface area (Å²) < 4.78 is 1.66. The predicted octanol–water partition coefficient (Wildman–Crippen LogP) is 2.36. The summed E-state index contributed by atoms with van der Waals surface area (Å²) in [5, 5.41) is 3.91. The number of likely N-dealkylation sites (N-methyl/N-ethyl adjacent to an activating group) is 1. The standard InChI is InChI=1S/C17H17N3O/c1-18-16(13-7-3-2-4-8-13)11-20-12-19-15-10-6-5-9-14(15)17(20)21/h2-10,12,16,18H,11H2,1H3. The van der Waals surface area contributed by atoms with E-state index in [-0.39, 0.29) is 11.6 Å². The minimum Gasteiger partial charge on any atom is -0.312 e. The highest BCUT2D eigenvalue weighted by Crippen LogP contribution is 2.14. The van der Waals surface area contributed by atoms with Crippen molar-refractivity contribution in [2.75, 3.05) is 7.05 Å². The van der Waals surface area contributed by atoms with Crippen molar-refractivity contribution in [1.82, 2.24) is 14.9 Å². The molecular formula is C17H17N3O. The zero-order chi connectivity index (χ0) is 14.7. The topological polar surface area (TPSA) is 46.9 Å². The third kappa shape index (κ3) is 2.71. The average Bonchev–Trinajstić information content (AvgIpc) is 2.55. The first-order valence-electron chi connectivity index (χ1n) is 6.96. The van der Waals surface area contributed by atoms with Gasteiger partial charge in [-0.2, -0.15) is 0 Å². The Bertz CT molecular complexity index is 796. The highest BCUT2D eigenvalue weighted by Gasteiger charge is 2.11. The number of fused-ring (bicyclic) bond motifs is 1. The van der Waals surface area contributed by atoms with Gasteiger partial charge in [0.2, 0.25) is 0 Å². The second-order valence-corrected chi connectivity index (χ2v) is 4.97. The van der Waals surface area contributed by atoms with Crippen molar-refractivity contribution in [2.45, 2.75) is 12.6 Å². The Morgan fingerprint density at radius 3 is 2.57 bits per heavy atom. The number of nitrogens with zero attached hydrogens (tertiary/aromatic N) is 2. The van der Waals surface area contributed by atoms with E-state index in [2.05, 4.69) is 22.4 Å². The maximum atomic E-state index is 12.5. The van der Waals surface area contributed by atoms with Crippen molar-refractivity contribution in [3.63, 3.8) is 0 Å². The molecule has 4 heteroatoms. The van der Waals surface area contributed by atoms with Crippen molar-refractivity contribution in [2.24, 2.45) is 0 Å². The van der Waals surface area contributed by atoms with Gasteiger partial charge in [0.15, 0.2) is 0 Å². The van der Waals surface area contributed by atoms with Gasteiger partial charge >= 0.3 is 0 Å². The van der Waals surface area contributed by atoms with Crippen molar-refractivity contribution in [1.29, 1.82) is 0 Å². The van der Waals surface area contributed by atoms with Crippen LogP contribution in [0.3, 0.4) is 0 Å². The first kappa shape index (κ1) is 13.5. The first-order chi connectivity index (χ1) is 10.3. The van der Waals surface area contributed by atoms with Crippen LogP contribution in [0.2, 0.25) is 0 Å². The van der Waals surface area contributed by atoms with E-state index in [1.54, 1.807) is 10.9 Å². The highest BCUT2D eigenvalue weighted by atomic mass is 16.1. The highest BCUT2D eigenvalue weighted by molar-refractivity contribution is 5.76. The molecule has 1 atom stereocenters. The van der Waals surface area contributed by atoms with E-state index in [1.165, 1.54) is 0 Å². The molecule has 0 bridgehead atoms. The van der Waals surface area contributed by atoms with E-state index in [1.807, 2.05) is 49.5 Å². The van der Waals surface area contributed by atoms with Crippen molar-refractivity contribution < 1.29 is 0 Å². The molecule has 3 aromatic rings. The molecule has 1 aromatic heterocycles. The smallest absolute Gasteiger partial charge is 0.261 e. The van der Waals surface area contributed by atoms with E-state index in [4.69, 9.17) is 0 Å². The third-order valence-electron chi connectivity index (χ3n) is 3.66. The van der Waals surface area contributed by atoms with Gasteiger partial charge < -0.3 is 5.32 Å². The lowest BCUT2D eigenvalue weighted by atomic mass is 10.1. The molecule has 0 spiro atoms. The van der Waals surface area contributed by atoms with Crippen LogP contribution in [0.5, 0.6) is 0 Å². The number of para-hydroxylation sites is 1. The lowest BCUT2D eigenvalue weighted by Crippen LogP contribution is -2.29. The SMILES string of the molecule is CNC(Cn1cnc2ccccc2c1=O)c1ccccc1. The average molecular weight is 279 g/mol. The van der Waals surface area contributed by atoms with E-state index >= 15 is 0 Å². The van der Waals surface area contributed by atoms with Gasteiger partial charge in [0.1, 0.15) is 0 Å². The van der Waals surface area contributed by atoms with E-state index in [0.29, 0.717) is 11.9 Å². The molecule has 0 aliphatic heterocycles. The fraction of sp³-hybridized carbons (Fsp3) is 0.176. The first-order valence-corrected chi connectivity index (χ1v) is 6.96. The van der Waals surface area contributed by atoms with Crippen LogP contribution in [0.25, 0.3) is 10.9 Å². The zero-order valence-corrected chi connectivity index (χ0v) is 11.9. The lowest BCUT2D eigenvalue weighted by Gasteiger charge is -2.18. The molecule has 1 unspecified atom stereocenters. The van der Waals surface area contributed by atoms with Crippen LogP contribution in [0.1, 0.15) is 11.6 Å². The van der Waals surface area contributed by atoms with Gasteiger partial charge in [0, 0.05) is 6.54 Å². The number of benzene rings is 2. The van der Waals surface area contributed by atoms with Gasteiger partial charge in [-0.15, -0.1) is 0 Å². The number of hydrogen-bond donors (Lipinski definition) is 1. The molecule has 0 aliphatic rings. The maximum Gasteiger partial charge on any atom is 0.261 e. The Kier molecular flexibility index (Phi) is 3.79. The van der Waals surface area contributed by atoms with Gasteiger partial charge in [-0.25, -0.2) is 4.98 Å².